The standard InChI is InChI=1S/C8H16ClN3OSi/c1-14(2,3)5-4-13-7-12-6-10-11-8(12)9/h6H,4-5,7H2,1-3H3. The third kappa shape index (κ3) is 4.21. The minimum atomic E-state index is -0.991. The lowest BCUT2D eigenvalue weighted by atomic mass is 10.8. The van der Waals surface area contributed by atoms with E-state index in [1.807, 2.05) is 0 Å². The number of hydrogen-bond acceptors (Lipinski definition) is 3. The Morgan fingerprint density at radius 2 is 2.21 bits per heavy atom. The maximum absolute atomic E-state index is 5.73. The highest BCUT2D eigenvalue weighted by Crippen LogP contribution is 2.08. The zero-order valence-electron chi connectivity index (χ0n) is 8.83. The molecule has 1 aromatic heterocycles. The lowest BCUT2D eigenvalue weighted by Crippen LogP contribution is -2.22. The van der Waals surface area contributed by atoms with E-state index in [0.29, 0.717) is 12.0 Å². The fraction of sp³-hybridized carbons (Fsp3) is 0.750. The summed E-state index contributed by atoms with van der Waals surface area (Å²) in [6.45, 7) is 8.19. The van der Waals surface area contributed by atoms with Gasteiger partial charge in [0.05, 0.1) is 0 Å². The molecule has 0 bridgehead atoms. The van der Waals surface area contributed by atoms with Crippen molar-refractivity contribution in [3.8, 4) is 0 Å². The first kappa shape index (κ1) is 11.7. The molecule has 0 aromatic carbocycles. The SMILES string of the molecule is C[Si](C)(C)CCOCn1cnnc1Cl. The molecule has 1 aromatic rings. The summed E-state index contributed by atoms with van der Waals surface area (Å²) in [5.41, 5.74) is 0. The maximum Gasteiger partial charge on any atom is 0.226 e. The minimum absolute atomic E-state index is 0.373. The molecule has 0 saturated heterocycles. The summed E-state index contributed by atoms with van der Waals surface area (Å²) in [6, 6.07) is 1.16. The number of halogens is 1. The topological polar surface area (TPSA) is 39.9 Å². The molecule has 0 radical (unpaired) electrons. The Balaban J connectivity index is 2.20. The molecule has 0 fully saturated rings. The number of ether oxygens (including phenoxy) is 1. The number of hydrogen-bond donors (Lipinski definition) is 0. The van der Waals surface area contributed by atoms with Crippen LogP contribution >= 0.6 is 11.6 Å². The third-order valence-corrected chi connectivity index (χ3v) is 3.79. The number of rotatable bonds is 5. The van der Waals surface area contributed by atoms with Gasteiger partial charge in [-0.25, -0.2) is 0 Å². The zero-order valence-corrected chi connectivity index (χ0v) is 10.6. The molecular formula is C8H16ClN3OSi. The van der Waals surface area contributed by atoms with E-state index in [4.69, 9.17) is 16.3 Å². The van der Waals surface area contributed by atoms with E-state index in [1.54, 1.807) is 10.9 Å². The van der Waals surface area contributed by atoms with Crippen LogP contribution in [0.5, 0.6) is 0 Å². The van der Waals surface area contributed by atoms with Crippen LogP contribution in [0.3, 0.4) is 0 Å². The molecule has 6 heteroatoms. The van der Waals surface area contributed by atoms with Gasteiger partial charge in [-0.1, -0.05) is 19.6 Å². The molecule has 0 aliphatic heterocycles. The van der Waals surface area contributed by atoms with E-state index >= 15 is 0 Å². The smallest absolute Gasteiger partial charge is 0.226 e. The molecule has 1 rings (SSSR count). The Morgan fingerprint density at radius 3 is 2.71 bits per heavy atom. The van der Waals surface area contributed by atoms with Crippen molar-refractivity contribution in [1.29, 1.82) is 0 Å². The van der Waals surface area contributed by atoms with Gasteiger partial charge in [0.2, 0.25) is 5.28 Å². The number of nitrogens with zero attached hydrogens (tertiary/aromatic N) is 3. The lowest BCUT2D eigenvalue weighted by Gasteiger charge is -2.15. The quantitative estimate of drug-likeness (QED) is 0.579. The van der Waals surface area contributed by atoms with Crippen molar-refractivity contribution < 1.29 is 4.74 Å². The van der Waals surface area contributed by atoms with Gasteiger partial charge < -0.3 is 4.74 Å². The Hall–Kier alpha value is -0.393. The summed E-state index contributed by atoms with van der Waals surface area (Å²) in [6.07, 6.45) is 1.57. The Kier molecular flexibility index (Phi) is 4.09. The first-order valence-corrected chi connectivity index (χ1v) is 8.68. The monoisotopic (exact) mass is 233 g/mol. The molecule has 80 valence electrons. The second-order valence-corrected chi connectivity index (χ2v) is 10.4. The predicted molar refractivity (Wildman–Crippen MR) is 59.1 cm³/mol. The van der Waals surface area contributed by atoms with Crippen LogP contribution in [0.2, 0.25) is 31.0 Å². The van der Waals surface area contributed by atoms with Crippen molar-refractivity contribution in [2.24, 2.45) is 0 Å². The van der Waals surface area contributed by atoms with Crippen LogP contribution in [0, 0.1) is 0 Å². The number of aromatic nitrogens is 3. The fourth-order valence-corrected chi connectivity index (χ4v) is 1.76. The first-order valence-electron chi connectivity index (χ1n) is 4.60. The van der Waals surface area contributed by atoms with Gasteiger partial charge in [0.1, 0.15) is 13.1 Å². The average molecular weight is 234 g/mol. The van der Waals surface area contributed by atoms with Gasteiger partial charge in [-0.3, -0.25) is 4.57 Å². The lowest BCUT2D eigenvalue weighted by molar-refractivity contribution is 0.0871. The molecule has 0 N–H and O–H groups in total. The van der Waals surface area contributed by atoms with E-state index in [-0.39, 0.29) is 0 Å². The van der Waals surface area contributed by atoms with Crippen molar-refractivity contribution in [3.05, 3.63) is 11.6 Å². The largest absolute Gasteiger partial charge is 0.361 e. The van der Waals surface area contributed by atoms with Crippen molar-refractivity contribution in [3.63, 3.8) is 0 Å². The van der Waals surface area contributed by atoms with Crippen LogP contribution in [0.15, 0.2) is 6.33 Å². The second-order valence-electron chi connectivity index (χ2n) is 4.42. The van der Waals surface area contributed by atoms with Crippen molar-refractivity contribution in [1.82, 2.24) is 14.8 Å². The summed E-state index contributed by atoms with van der Waals surface area (Å²) >= 11 is 5.73. The van der Waals surface area contributed by atoms with Crippen LogP contribution in [0.4, 0.5) is 0 Å². The van der Waals surface area contributed by atoms with Gasteiger partial charge in [-0.05, 0) is 17.6 Å². The van der Waals surface area contributed by atoms with E-state index in [0.717, 1.165) is 12.7 Å². The highest BCUT2D eigenvalue weighted by molar-refractivity contribution is 6.76. The first-order chi connectivity index (χ1) is 6.49. The molecule has 14 heavy (non-hydrogen) atoms. The molecule has 0 atom stereocenters. The normalized spacial score (nSPS) is 12.0. The van der Waals surface area contributed by atoms with E-state index in [2.05, 4.69) is 29.8 Å². The fourth-order valence-electron chi connectivity index (χ4n) is 0.869. The van der Waals surface area contributed by atoms with Crippen LogP contribution in [-0.2, 0) is 11.5 Å². The summed E-state index contributed by atoms with van der Waals surface area (Å²) in [5, 5.41) is 7.68. The summed E-state index contributed by atoms with van der Waals surface area (Å²) in [7, 11) is -0.991. The molecule has 0 aliphatic carbocycles. The van der Waals surface area contributed by atoms with E-state index < -0.39 is 8.07 Å². The molecule has 0 amide bonds. The molecule has 0 saturated carbocycles. The van der Waals surface area contributed by atoms with Crippen LogP contribution in [-0.4, -0.2) is 29.4 Å². The van der Waals surface area contributed by atoms with Crippen LogP contribution < -0.4 is 0 Å². The second kappa shape index (κ2) is 4.91. The van der Waals surface area contributed by atoms with Gasteiger partial charge in [0.25, 0.3) is 0 Å². The van der Waals surface area contributed by atoms with Crippen molar-refractivity contribution >= 4 is 19.7 Å². The Labute approximate surface area is 90.2 Å². The Morgan fingerprint density at radius 1 is 1.50 bits per heavy atom. The predicted octanol–water partition coefficient (Wildman–Crippen LogP) is 2.24. The van der Waals surface area contributed by atoms with Crippen LogP contribution in [0.25, 0.3) is 0 Å². The van der Waals surface area contributed by atoms with Crippen molar-refractivity contribution in [2.45, 2.75) is 32.4 Å². The van der Waals surface area contributed by atoms with Gasteiger partial charge >= 0.3 is 0 Å². The summed E-state index contributed by atoms with van der Waals surface area (Å²) in [5.74, 6) is 0. The molecule has 4 nitrogen and oxygen atoms in total. The zero-order chi connectivity index (χ0) is 10.6. The van der Waals surface area contributed by atoms with Gasteiger partial charge in [0, 0.05) is 14.7 Å². The summed E-state index contributed by atoms with van der Waals surface area (Å²) in [4.78, 5) is 0. The summed E-state index contributed by atoms with van der Waals surface area (Å²) < 4.78 is 7.14. The molecule has 0 spiro atoms. The van der Waals surface area contributed by atoms with E-state index in [9.17, 15) is 0 Å². The minimum Gasteiger partial charge on any atom is -0.361 e. The molecular weight excluding hydrogens is 218 g/mol. The van der Waals surface area contributed by atoms with Gasteiger partial charge in [-0.15, -0.1) is 10.2 Å². The highest BCUT2D eigenvalue weighted by Gasteiger charge is 2.12. The van der Waals surface area contributed by atoms with E-state index in [1.165, 1.54) is 0 Å². The third-order valence-electron chi connectivity index (χ3n) is 1.80. The maximum atomic E-state index is 5.73. The molecule has 1 heterocycles. The molecule has 0 aliphatic rings. The van der Waals surface area contributed by atoms with Gasteiger partial charge in [0.15, 0.2) is 0 Å². The Bertz CT molecular complexity index is 284. The molecule has 0 unspecified atom stereocenters. The van der Waals surface area contributed by atoms with Crippen LogP contribution in [0.1, 0.15) is 0 Å². The van der Waals surface area contributed by atoms with Gasteiger partial charge in [-0.2, -0.15) is 0 Å². The average Bonchev–Trinajstić information content (AvgIpc) is 2.44. The van der Waals surface area contributed by atoms with Crippen molar-refractivity contribution in [2.75, 3.05) is 6.61 Å². The highest BCUT2D eigenvalue weighted by atomic mass is 35.5.